The van der Waals surface area contributed by atoms with Gasteiger partial charge in [0.25, 0.3) is 11.8 Å². The fraction of sp³-hybridized carbons (Fsp3) is 0.316. The molecule has 3 N–H and O–H groups in total. The number of hydrazine groups is 1. The maximum absolute atomic E-state index is 12.4. The van der Waals surface area contributed by atoms with Gasteiger partial charge in [-0.1, -0.05) is 6.07 Å². The van der Waals surface area contributed by atoms with Crippen molar-refractivity contribution in [1.82, 2.24) is 15.8 Å². The molecule has 1 aliphatic carbocycles. The van der Waals surface area contributed by atoms with Crippen LogP contribution < -0.4 is 10.9 Å². The maximum Gasteiger partial charge on any atom is 0.339 e. The molecule has 2 amide bonds. The molecule has 3 rings (SSSR count). The van der Waals surface area contributed by atoms with Gasteiger partial charge in [0.15, 0.2) is 0 Å². The molecule has 1 aromatic heterocycles. The van der Waals surface area contributed by atoms with E-state index in [2.05, 4.69) is 15.8 Å². The fourth-order valence-electron chi connectivity index (χ4n) is 3.35. The number of fused-ring (bicyclic) bond motifs is 1. The van der Waals surface area contributed by atoms with Crippen LogP contribution in [-0.4, -0.2) is 29.9 Å². The number of aromatic nitrogens is 1. The average molecular weight is 355 g/mol. The second kappa shape index (κ2) is 7.03. The van der Waals surface area contributed by atoms with Crippen molar-refractivity contribution in [2.45, 2.75) is 33.1 Å². The summed E-state index contributed by atoms with van der Waals surface area (Å²) in [6.45, 7) is 3.33. The minimum Gasteiger partial charge on any atom is -0.465 e. The number of ether oxygens (including phenoxy) is 1. The Balaban J connectivity index is 1.69. The van der Waals surface area contributed by atoms with Gasteiger partial charge in [0.1, 0.15) is 5.69 Å². The predicted molar refractivity (Wildman–Crippen MR) is 95.0 cm³/mol. The third-order valence-electron chi connectivity index (χ3n) is 4.70. The van der Waals surface area contributed by atoms with Crippen molar-refractivity contribution in [2.24, 2.45) is 0 Å². The van der Waals surface area contributed by atoms with E-state index in [0.717, 1.165) is 19.3 Å². The van der Waals surface area contributed by atoms with Crippen LogP contribution in [0.25, 0.3) is 0 Å². The van der Waals surface area contributed by atoms with E-state index in [1.54, 1.807) is 19.9 Å². The topological polar surface area (TPSA) is 100 Å². The summed E-state index contributed by atoms with van der Waals surface area (Å²) >= 11 is 0. The first-order valence-corrected chi connectivity index (χ1v) is 8.42. The Morgan fingerprint density at radius 1 is 1.04 bits per heavy atom. The minimum atomic E-state index is -0.532. The molecule has 0 saturated carbocycles. The van der Waals surface area contributed by atoms with E-state index in [1.807, 2.05) is 12.1 Å². The number of methoxy groups -OCH3 is 1. The third kappa shape index (κ3) is 3.20. The molecule has 1 aromatic carbocycles. The predicted octanol–water partition coefficient (Wildman–Crippen LogP) is 1.98. The van der Waals surface area contributed by atoms with Crippen LogP contribution in [0.1, 0.15) is 60.0 Å². The van der Waals surface area contributed by atoms with Crippen LogP contribution in [0.15, 0.2) is 18.2 Å². The Kier molecular flexibility index (Phi) is 4.79. The zero-order valence-corrected chi connectivity index (χ0v) is 15.0. The molecule has 0 aliphatic heterocycles. The lowest BCUT2D eigenvalue weighted by atomic mass is 10.1. The number of hydrogen-bond donors (Lipinski definition) is 3. The van der Waals surface area contributed by atoms with Crippen molar-refractivity contribution in [3.63, 3.8) is 0 Å². The summed E-state index contributed by atoms with van der Waals surface area (Å²) in [6.07, 6.45) is 3.12. The maximum atomic E-state index is 12.4. The van der Waals surface area contributed by atoms with Gasteiger partial charge in [-0.2, -0.15) is 0 Å². The number of rotatable bonds is 3. The Hall–Kier alpha value is -3.09. The molecule has 1 aliphatic rings. The molecule has 0 radical (unpaired) electrons. The van der Waals surface area contributed by atoms with Gasteiger partial charge in [0.2, 0.25) is 0 Å². The quantitative estimate of drug-likeness (QED) is 0.579. The first kappa shape index (κ1) is 17.7. The number of carbonyl (C=O) groups is 3. The third-order valence-corrected chi connectivity index (χ3v) is 4.70. The molecule has 7 nitrogen and oxygen atoms in total. The molecule has 0 unspecified atom stereocenters. The second-order valence-corrected chi connectivity index (χ2v) is 6.36. The van der Waals surface area contributed by atoms with Crippen molar-refractivity contribution in [3.05, 3.63) is 57.4 Å². The second-order valence-electron chi connectivity index (χ2n) is 6.36. The molecular weight excluding hydrogens is 334 g/mol. The number of amides is 2. The van der Waals surface area contributed by atoms with Crippen LogP contribution in [0.2, 0.25) is 0 Å². The van der Waals surface area contributed by atoms with Crippen molar-refractivity contribution in [1.29, 1.82) is 0 Å². The molecule has 0 bridgehead atoms. The number of esters is 1. The van der Waals surface area contributed by atoms with Gasteiger partial charge in [0, 0.05) is 11.3 Å². The van der Waals surface area contributed by atoms with Crippen LogP contribution in [0.4, 0.5) is 0 Å². The van der Waals surface area contributed by atoms with E-state index in [9.17, 15) is 14.4 Å². The van der Waals surface area contributed by atoms with Crippen molar-refractivity contribution in [2.75, 3.05) is 7.11 Å². The van der Waals surface area contributed by atoms with Crippen molar-refractivity contribution >= 4 is 17.8 Å². The summed E-state index contributed by atoms with van der Waals surface area (Å²) in [5.41, 5.74) is 9.28. The van der Waals surface area contributed by atoms with Gasteiger partial charge in [-0.05, 0) is 61.9 Å². The monoisotopic (exact) mass is 355 g/mol. The first-order valence-electron chi connectivity index (χ1n) is 8.42. The smallest absolute Gasteiger partial charge is 0.339 e. The Morgan fingerprint density at radius 2 is 1.73 bits per heavy atom. The van der Waals surface area contributed by atoms with Crippen LogP contribution in [0.3, 0.4) is 0 Å². The Morgan fingerprint density at radius 3 is 2.46 bits per heavy atom. The van der Waals surface area contributed by atoms with Crippen LogP contribution in [0.5, 0.6) is 0 Å². The highest BCUT2D eigenvalue weighted by molar-refractivity contribution is 6.02. The van der Waals surface area contributed by atoms with Crippen LogP contribution in [-0.2, 0) is 17.6 Å². The van der Waals surface area contributed by atoms with Gasteiger partial charge < -0.3 is 9.72 Å². The van der Waals surface area contributed by atoms with Gasteiger partial charge in [-0.15, -0.1) is 0 Å². The largest absolute Gasteiger partial charge is 0.465 e. The molecule has 0 saturated heterocycles. The molecule has 0 spiro atoms. The summed E-state index contributed by atoms with van der Waals surface area (Å²) in [7, 11) is 1.28. The number of carbonyl (C=O) groups excluding carboxylic acids is 3. The first-order chi connectivity index (χ1) is 12.4. The number of nitrogens with one attached hydrogen (secondary N) is 3. The fourth-order valence-corrected chi connectivity index (χ4v) is 3.35. The van der Waals surface area contributed by atoms with Crippen LogP contribution >= 0.6 is 0 Å². The van der Waals surface area contributed by atoms with Gasteiger partial charge in [0.05, 0.1) is 12.7 Å². The van der Waals surface area contributed by atoms with Gasteiger partial charge in [-0.25, -0.2) is 4.79 Å². The van der Waals surface area contributed by atoms with Crippen molar-refractivity contribution < 1.29 is 19.1 Å². The van der Waals surface area contributed by atoms with Crippen LogP contribution in [0, 0.1) is 13.8 Å². The molecule has 136 valence electrons. The lowest BCUT2D eigenvalue weighted by Crippen LogP contribution is -2.42. The Labute approximate surface area is 151 Å². The number of aryl methyl sites for hydroxylation is 3. The lowest BCUT2D eigenvalue weighted by Gasteiger charge is -2.08. The van der Waals surface area contributed by atoms with E-state index in [4.69, 9.17) is 4.74 Å². The standard InChI is InChI=1S/C19H21N3O4/c1-10-15(19(25)26-3)11(2)20-16(10)18(24)22-21-17(23)14-8-7-12-5-4-6-13(12)9-14/h7-9,20H,4-6H2,1-3H3,(H,21,23)(H,22,24). The molecule has 1 heterocycles. The zero-order chi connectivity index (χ0) is 18.8. The van der Waals surface area contributed by atoms with Gasteiger partial charge >= 0.3 is 5.97 Å². The van der Waals surface area contributed by atoms with E-state index in [0.29, 0.717) is 22.4 Å². The lowest BCUT2D eigenvalue weighted by molar-refractivity contribution is 0.0599. The molecular formula is C19H21N3O4. The zero-order valence-electron chi connectivity index (χ0n) is 15.0. The molecule has 2 aromatic rings. The number of H-pyrrole nitrogens is 1. The number of hydrogen-bond acceptors (Lipinski definition) is 4. The molecule has 0 atom stereocenters. The molecule has 7 heteroatoms. The molecule has 26 heavy (non-hydrogen) atoms. The van der Waals surface area contributed by atoms with E-state index in [-0.39, 0.29) is 11.6 Å². The highest BCUT2D eigenvalue weighted by Crippen LogP contribution is 2.23. The molecule has 0 fully saturated rings. The van der Waals surface area contributed by atoms with E-state index >= 15 is 0 Å². The SMILES string of the molecule is COC(=O)c1c(C)[nH]c(C(=O)NNC(=O)c2ccc3c(c2)CCC3)c1C. The van der Waals surface area contributed by atoms with Gasteiger partial charge in [-0.3, -0.25) is 20.4 Å². The summed E-state index contributed by atoms with van der Waals surface area (Å²) in [5.74, 6) is -1.44. The highest BCUT2D eigenvalue weighted by Gasteiger charge is 2.23. The summed E-state index contributed by atoms with van der Waals surface area (Å²) in [6, 6.07) is 5.58. The van der Waals surface area contributed by atoms with E-state index < -0.39 is 11.9 Å². The van der Waals surface area contributed by atoms with Crippen molar-refractivity contribution in [3.8, 4) is 0 Å². The summed E-state index contributed by atoms with van der Waals surface area (Å²) in [5, 5.41) is 0. The van der Waals surface area contributed by atoms with E-state index in [1.165, 1.54) is 18.2 Å². The number of benzene rings is 1. The summed E-state index contributed by atoms with van der Waals surface area (Å²) < 4.78 is 4.72. The minimum absolute atomic E-state index is 0.206. The normalized spacial score (nSPS) is 12.4. The highest BCUT2D eigenvalue weighted by atomic mass is 16.5. The summed E-state index contributed by atoms with van der Waals surface area (Å²) in [4.78, 5) is 39.3. The number of aromatic amines is 1. The Bertz CT molecular complexity index is 898. The average Bonchev–Trinajstić information content (AvgIpc) is 3.22.